The van der Waals surface area contributed by atoms with Gasteiger partial charge in [-0.25, -0.2) is 4.39 Å². The lowest BCUT2D eigenvalue weighted by Gasteiger charge is -2.05. The molecule has 0 unspecified atom stereocenters. The molecular formula is C13H12BrFN2O. The summed E-state index contributed by atoms with van der Waals surface area (Å²) >= 11 is 3.16. The Hall–Kier alpha value is -1.49. The summed E-state index contributed by atoms with van der Waals surface area (Å²) in [6.07, 6.45) is 0.150. The van der Waals surface area contributed by atoms with E-state index in [1.807, 2.05) is 6.92 Å². The fraction of sp³-hybridized carbons (Fsp3) is 0.231. The van der Waals surface area contributed by atoms with E-state index >= 15 is 0 Å². The number of halogens is 2. The highest BCUT2D eigenvalue weighted by atomic mass is 79.9. The Morgan fingerprint density at radius 2 is 2.22 bits per heavy atom. The number of carbonyl (C=O) groups excluding carboxylic acids is 1. The summed E-state index contributed by atoms with van der Waals surface area (Å²) in [7, 11) is 1.72. The first-order valence-electron chi connectivity index (χ1n) is 5.45. The molecule has 3 nitrogen and oxygen atoms in total. The second-order valence-corrected chi connectivity index (χ2v) is 4.90. The molecule has 0 bridgehead atoms. The van der Waals surface area contributed by atoms with E-state index in [0.29, 0.717) is 15.7 Å². The molecule has 0 amide bonds. The number of hydrogen-bond donors (Lipinski definition) is 0. The van der Waals surface area contributed by atoms with E-state index in [0.717, 1.165) is 5.69 Å². The first-order chi connectivity index (χ1) is 8.49. The quantitative estimate of drug-likeness (QED) is 0.817. The molecular weight excluding hydrogens is 299 g/mol. The van der Waals surface area contributed by atoms with Crippen molar-refractivity contribution >= 4 is 21.7 Å². The van der Waals surface area contributed by atoms with Crippen molar-refractivity contribution in [2.45, 2.75) is 13.3 Å². The molecule has 5 heteroatoms. The predicted molar refractivity (Wildman–Crippen MR) is 70.1 cm³/mol. The standard InChI is InChI=1S/C13H12BrFN2O/c1-8-6-11(17(2)16-8)12(18)7-9-4-3-5-10(15)13(9)14/h3-6H,7H2,1-2H3. The van der Waals surface area contributed by atoms with Gasteiger partial charge in [-0.2, -0.15) is 5.10 Å². The highest BCUT2D eigenvalue weighted by Gasteiger charge is 2.15. The average molecular weight is 311 g/mol. The SMILES string of the molecule is Cc1cc(C(=O)Cc2cccc(F)c2Br)n(C)n1. The topological polar surface area (TPSA) is 34.9 Å². The molecule has 18 heavy (non-hydrogen) atoms. The van der Waals surface area contributed by atoms with Crippen molar-refractivity contribution in [1.29, 1.82) is 0 Å². The number of carbonyl (C=O) groups is 1. The maximum Gasteiger partial charge on any atom is 0.185 e. The van der Waals surface area contributed by atoms with Crippen LogP contribution in [-0.2, 0) is 13.5 Å². The molecule has 94 valence electrons. The fourth-order valence-corrected chi connectivity index (χ4v) is 2.22. The van der Waals surface area contributed by atoms with Gasteiger partial charge in [0.05, 0.1) is 10.2 Å². The summed E-state index contributed by atoms with van der Waals surface area (Å²) in [4.78, 5) is 12.1. The Kier molecular flexibility index (Phi) is 3.61. The van der Waals surface area contributed by atoms with Gasteiger partial charge in [-0.05, 0) is 40.5 Å². The summed E-state index contributed by atoms with van der Waals surface area (Å²) in [6, 6.07) is 6.41. The van der Waals surface area contributed by atoms with Gasteiger partial charge in [0, 0.05) is 13.5 Å². The summed E-state index contributed by atoms with van der Waals surface area (Å²) in [6.45, 7) is 1.83. The third-order valence-corrected chi connectivity index (χ3v) is 3.56. The maximum absolute atomic E-state index is 13.3. The number of aromatic nitrogens is 2. The lowest BCUT2D eigenvalue weighted by molar-refractivity contribution is 0.0984. The number of rotatable bonds is 3. The number of ketones is 1. The Morgan fingerprint density at radius 1 is 1.50 bits per heavy atom. The third-order valence-electron chi connectivity index (χ3n) is 2.67. The Bertz CT molecular complexity index is 607. The van der Waals surface area contributed by atoms with Crippen molar-refractivity contribution in [3.8, 4) is 0 Å². The number of aryl methyl sites for hydroxylation is 2. The molecule has 0 aliphatic carbocycles. The van der Waals surface area contributed by atoms with Gasteiger partial charge in [-0.1, -0.05) is 12.1 Å². The summed E-state index contributed by atoms with van der Waals surface area (Å²) in [5, 5.41) is 4.12. The van der Waals surface area contributed by atoms with Gasteiger partial charge in [0.25, 0.3) is 0 Å². The Balaban J connectivity index is 2.27. The third kappa shape index (κ3) is 2.51. The summed E-state index contributed by atoms with van der Waals surface area (Å²) in [5.74, 6) is -0.439. The van der Waals surface area contributed by atoms with E-state index in [1.54, 1.807) is 29.9 Å². The summed E-state index contributed by atoms with van der Waals surface area (Å²) < 4.78 is 15.2. The smallest absolute Gasteiger partial charge is 0.185 e. The first-order valence-corrected chi connectivity index (χ1v) is 6.25. The number of nitrogens with zero attached hydrogens (tertiary/aromatic N) is 2. The lowest BCUT2D eigenvalue weighted by atomic mass is 10.1. The molecule has 0 fully saturated rings. The van der Waals surface area contributed by atoms with Gasteiger partial charge >= 0.3 is 0 Å². The van der Waals surface area contributed by atoms with E-state index in [9.17, 15) is 9.18 Å². The van der Waals surface area contributed by atoms with Gasteiger partial charge in [-0.15, -0.1) is 0 Å². The molecule has 2 aromatic rings. The Labute approximate surface area is 113 Å². The van der Waals surface area contributed by atoms with E-state index in [-0.39, 0.29) is 18.0 Å². The molecule has 0 N–H and O–H groups in total. The van der Waals surface area contributed by atoms with E-state index in [1.165, 1.54) is 6.07 Å². The lowest BCUT2D eigenvalue weighted by Crippen LogP contribution is -2.10. The molecule has 2 rings (SSSR count). The van der Waals surface area contributed by atoms with Crippen LogP contribution in [-0.4, -0.2) is 15.6 Å². The van der Waals surface area contributed by atoms with Gasteiger partial charge < -0.3 is 0 Å². The minimum atomic E-state index is -0.360. The van der Waals surface area contributed by atoms with Crippen LogP contribution in [0.3, 0.4) is 0 Å². The molecule has 1 heterocycles. The molecule has 0 radical (unpaired) electrons. The predicted octanol–water partition coefficient (Wildman–Crippen LogP) is 3.06. The van der Waals surface area contributed by atoms with Crippen molar-refractivity contribution in [1.82, 2.24) is 9.78 Å². The highest BCUT2D eigenvalue weighted by Crippen LogP contribution is 2.22. The second kappa shape index (κ2) is 5.02. The maximum atomic E-state index is 13.3. The van der Waals surface area contributed by atoms with Crippen LogP contribution in [0.25, 0.3) is 0 Å². The van der Waals surface area contributed by atoms with Crippen LogP contribution >= 0.6 is 15.9 Å². The summed E-state index contributed by atoms with van der Waals surface area (Å²) in [5.41, 5.74) is 1.96. The first kappa shape index (κ1) is 13.0. The van der Waals surface area contributed by atoms with Crippen LogP contribution in [0.15, 0.2) is 28.7 Å². The number of benzene rings is 1. The zero-order valence-corrected chi connectivity index (χ0v) is 11.7. The van der Waals surface area contributed by atoms with E-state index < -0.39 is 0 Å². The van der Waals surface area contributed by atoms with Gasteiger partial charge in [-0.3, -0.25) is 9.48 Å². The molecule has 1 aromatic carbocycles. The molecule has 0 aliphatic rings. The van der Waals surface area contributed by atoms with Gasteiger partial charge in [0.1, 0.15) is 11.5 Å². The number of hydrogen-bond acceptors (Lipinski definition) is 2. The van der Waals surface area contributed by atoms with Gasteiger partial charge in [0.2, 0.25) is 0 Å². The molecule has 0 saturated carbocycles. The van der Waals surface area contributed by atoms with Crippen LogP contribution in [0.4, 0.5) is 4.39 Å². The molecule has 0 aliphatic heterocycles. The van der Waals surface area contributed by atoms with Crippen LogP contribution in [0.5, 0.6) is 0 Å². The minimum absolute atomic E-state index is 0.0793. The second-order valence-electron chi connectivity index (χ2n) is 4.11. The largest absolute Gasteiger partial charge is 0.292 e. The average Bonchev–Trinajstić information content (AvgIpc) is 2.64. The van der Waals surface area contributed by atoms with E-state index in [4.69, 9.17) is 0 Å². The monoisotopic (exact) mass is 310 g/mol. The highest BCUT2D eigenvalue weighted by molar-refractivity contribution is 9.10. The van der Waals surface area contributed by atoms with Crippen molar-refractivity contribution in [2.24, 2.45) is 7.05 Å². The fourth-order valence-electron chi connectivity index (χ4n) is 1.82. The van der Waals surface area contributed by atoms with Crippen molar-refractivity contribution in [3.63, 3.8) is 0 Å². The number of Topliss-reactive ketones (excluding diaryl/α,β-unsaturated/α-hetero) is 1. The van der Waals surface area contributed by atoms with Crippen LogP contribution < -0.4 is 0 Å². The molecule has 0 spiro atoms. The van der Waals surface area contributed by atoms with Crippen molar-refractivity contribution < 1.29 is 9.18 Å². The molecule has 0 saturated heterocycles. The zero-order chi connectivity index (χ0) is 13.3. The Morgan fingerprint density at radius 3 is 2.83 bits per heavy atom. The van der Waals surface area contributed by atoms with Crippen LogP contribution in [0.2, 0.25) is 0 Å². The van der Waals surface area contributed by atoms with Crippen LogP contribution in [0.1, 0.15) is 21.7 Å². The van der Waals surface area contributed by atoms with Gasteiger partial charge in [0.15, 0.2) is 5.78 Å². The van der Waals surface area contributed by atoms with Crippen LogP contribution in [0, 0.1) is 12.7 Å². The molecule has 0 atom stereocenters. The zero-order valence-electron chi connectivity index (χ0n) is 10.1. The van der Waals surface area contributed by atoms with Crippen molar-refractivity contribution in [2.75, 3.05) is 0 Å². The van der Waals surface area contributed by atoms with Crippen molar-refractivity contribution in [3.05, 3.63) is 51.5 Å². The minimum Gasteiger partial charge on any atom is -0.292 e. The molecule has 1 aromatic heterocycles. The van der Waals surface area contributed by atoms with E-state index in [2.05, 4.69) is 21.0 Å². The normalized spacial score (nSPS) is 10.7.